The van der Waals surface area contributed by atoms with Crippen LogP contribution < -0.4 is 11.2 Å². The molecule has 100 valence electrons. The molecule has 4 heteroatoms. The first-order valence-electron chi connectivity index (χ1n) is 7.23. The highest BCUT2D eigenvalue weighted by Gasteiger charge is 2.23. The van der Waals surface area contributed by atoms with Gasteiger partial charge >= 0.3 is 0 Å². The van der Waals surface area contributed by atoms with E-state index in [0.717, 1.165) is 32.0 Å². The van der Waals surface area contributed by atoms with Crippen molar-refractivity contribution in [2.75, 3.05) is 19.6 Å². The highest BCUT2D eigenvalue weighted by molar-refractivity contribution is 5.20. The van der Waals surface area contributed by atoms with Gasteiger partial charge in [0.1, 0.15) is 0 Å². The molecule has 0 aromatic heterocycles. The zero-order valence-corrected chi connectivity index (χ0v) is 11.0. The lowest BCUT2D eigenvalue weighted by Gasteiger charge is -2.30. The van der Waals surface area contributed by atoms with Gasteiger partial charge in [-0.1, -0.05) is 12.8 Å². The molecule has 1 saturated carbocycles. The van der Waals surface area contributed by atoms with Gasteiger partial charge in [-0.2, -0.15) is 0 Å². The Labute approximate surface area is 109 Å². The van der Waals surface area contributed by atoms with Crippen LogP contribution in [-0.4, -0.2) is 35.6 Å². The Morgan fingerprint density at radius 1 is 1.28 bits per heavy atom. The van der Waals surface area contributed by atoms with Crippen LogP contribution >= 0.6 is 0 Å². The van der Waals surface area contributed by atoms with Gasteiger partial charge in [-0.05, 0) is 31.3 Å². The van der Waals surface area contributed by atoms with Crippen molar-refractivity contribution in [2.45, 2.75) is 38.1 Å². The maximum atomic E-state index is 5.98. The predicted molar refractivity (Wildman–Crippen MR) is 73.2 cm³/mol. The topological polar surface area (TPSA) is 44.5 Å². The molecule has 0 amide bonds. The molecule has 0 radical (unpaired) electrons. The summed E-state index contributed by atoms with van der Waals surface area (Å²) in [5.41, 5.74) is 10.6. The number of hydrazine groups is 1. The first-order valence-corrected chi connectivity index (χ1v) is 7.23. The third-order valence-electron chi connectivity index (χ3n) is 4.30. The molecule has 3 rings (SSSR count). The fourth-order valence-electron chi connectivity index (χ4n) is 3.24. The van der Waals surface area contributed by atoms with E-state index in [1.807, 2.05) is 6.20 Å². The molecule has 2 aliphatic heterocycles. The number of hydrogen-bond acceptors (Lipinski definition) is 4. The van der Waals surface area contributed by atoms with Gasteiger partial charge in [-0.25, -0.2) is 0 Å². The SMILES string of the molecule is N[C@H]1CCN(C2=CN(CC3CCCC3)NC=C2)C1. The maximum Gasteiger partial charge on any atom is 0.0563 e. The maximum absolute atomic E-state index is 5.98. The Hall–Kier alpha value is -1.16. The molecular weight excluding hydrogens is 224 g/mol. The summed E-state index contributed by atoms with van der Waals surface area (Å²) in [4.78, 5) is 2.39. The van der Waals surface area contributed by atoms with Gasteiger partial charge in [-0.15, -0.1) is 0 Å². The summed E-state index contributed by atoms with van der Waals surface area (Å²) in [5.74, 6) is 0.863. The Kier molecular flexibility index (Phi) is 3.46. The van der Waals surface area contributed by atoms with E-state index < -0.39 is 0 Å². The summed E-state index contributed by atoms with van der Waals surface area (Å²) in [5, 5.41) is 2.25. The van der Waals surface area contributed by atoms with Crippen LogP contribution in [0.3, 0.4) is 0 Å². The van der Waals surface area contributed by atoms with Crippen LogP contribution in [0.1, 0.15) is 32.1 Å². The summed E-state index contributed by atoms with van der Waals surface area (Å²) in [6, 6.07) is 0.345. The standard InChI is InChI=1S/C14H24N4/c15-13-6-8-17(10-13)14-5-7-16-18(11-14)9-12-3-1-2-4-12/h5,7,11-13,16H,1-4,6,8-10,15H2/t13-/m0/s1. The minimum atomic E-state index is 0.345. The normalized spacial score (nSPS) is 28.7. The lowest BCUT2D eigenvalue weighted by molar-refractivity contribution is 0.249. The molecule has 3 aliphatic rings. The average molecular weight is 248 g/mol. The van der Waals surface area contributed by atoms with Crippen molar-refractivity contribution in [1.29, 1.82) is 0 Å². The van der Waals surface area contributed by atoms with Crippen molar-refractivity contribution in [3.05, 3.63) is 24.2 Å². The molecule has 4 nitrogen and oxygen atoms in total. The highest BCUT2D eigenvalue weighted by atomic mass is 15.5. The summed E-state index contributed by atoms with van der Waals surface area (Å²) in [6.07, 6.45) is 13.2. The van der Waals surface area contributed by atoms with E-state index in [1.54, 1.807) is 0 Å². The highest BCUT2D eigenvalue weighted by Crippen LogP contribution is 2.26. The van der Waals surface area contributed by atoms with Gasteiger partial charge in [0.15, 0.2) is 0 Å². The Balaban J connectivity index is 1.59. The number of nitrogens with two attached hydrogens (primary N) is 1. The average Bonchev–Trinajstić information content (AvgIpc) is 3.01. The van der Waals surface area contributed by atoms with E-state index in [-0.39, 0.29) is 0 Å². The van der Waals surface area contributed by atoms with Crippen LogP contribution in [-0.2, 0) is 0 Å². The second kappa shape index (κ2) is 5.22. The number of rotatable bonds is 3. The lowest BCUT2D eigenvalue weighted by Crippen LogP contribution is -2.37. The van der Waals surface area contributed by atoms with Crippen molar-refractivity contribution < 1.29 is 0 Å². The third-order valence-corrected chi connectivity index (χ3v) is 4.30. The molecule has 1 saturated heterocycles. The summed E-state index contributed by atoms with van der Waals surface area (Å²) in [7, 11) is 0. The summed E-state index contributed by atoms with van der Waals surface area (Å²) >= 11 is 0. The first-order chi connectivity index (χ1) is 8.81. The monoisotopic (exact) mass is 248 g/mol. The van der Waals surface area contributed by atoms with Crippen LogP contribution in [0.25, 0.3) is 0 Å². The lowest BCUT2D eigenvalue weighted by atomic mass is 10.1. The van der Waals surface area contributed by atoms with E-state index in [1.165, 1.54) is 31.4 Å². The number of nitrogens with zero attached hydrogens (tertiary/aromatic N) is 2. The fourth-order valence-corrected chi connectivity index (χ4v) is 3.24. The van der Waals surface area contributed by atoms with E-state index in [2.05, 4.69) is 27.6 Å². The van der Waals surface area contributed by atoms with Crippen LogP contribution in [0, 0.1) is 5.92 Å². The van der Waals surface area contributed by atoms with Crippen LogP contribution in [0.5, 0.6) is 0 Å². The summed E-state index contributed by atoms with van der Waals surface area (Å²) in [6.45, 7) is 3.22. The summed E-state index contributed by atoms with van der Waals surface area (Å²) < 4.78 is 0. The van der Waals surface area contributed by atoms with Gasteiger partial charge in [0, 0.05) is 38.1 Å². The zero-order valence-electron chi connectivity index (χ0n) is 11.0. The smallest absolute Gasteiger partial charge is 0.0563 e. The molecule has 0 unspecified atom stereocenters. The largest absolute Gasteiger partial charge is 0.369 e. The van der Waals surface area contributed by atoms with E-state index >= 15 is 0 Å². The zero-order chi connectivity index (χ0) is 12.4. The quantitative estimate of drug-likeness (QED) is 0.792. The molecule has 1 aliphatic carbocycles. The molecule has 18 heavy (non-hydrogen) atoms. The van der Waals surface area contributed by atoms with Gasteiger partial charge in [0.05, 0.1) is 5.70 Å². The van der Waals surface area contributed by atoms with E-state index in [4.69, 9.17) is 5.73 Å². The van der Waals surface area contributed by atoms with Crippen molar-refractivity contribution >= 4 is 0 Å². The second-order valence-corrected chi connectivity index (χ2v) is 5.81. The van der Waals surface area contributed by atoms with Crippen molar-refractivity contribution in [2.24, 2.45) is 11.7 Å². The Morgan fingerprint density at radius 3 is 2.83 bits per heavy atom. The molecule has 0 spiro atoms. The molecule has 0 aromatic rings. The molecule has 0 bridgehead atoms. The predicted octanol–water partition coefficient (Wildman–Crippen LogP) is 1.38. The van der Waals surface area contributed by atoms with Crippen LogP contribution in [0.4, 0.5) is 0 Å². The van der Waals surface area contributed by atoms with E-state index in [9.17, 15) is 0 Å². The van der Waals surface area contributed by atoms with Crippen LogP contribution in [0.2, 0.25) is 0 Å². The Bertz CT molecular complexity index is 344. The van der Waals surface area contributed by atoms with Gasteiger partial charge < -0.3 is 16.1 Å². The Morgan fingerprint density at radius 2 is 2.11 bits per heavy atom. The van der Waals surface area contributed by atoms with E-state index in [0.29, 0.717) is 6.04 Å². The number of allylic oxidation sites excluding steroid dienone is 1. The van der Waals surface area contributed by atoms with Gasteiger partial charge in [0.2, 0.25) is 0 Å². The van der Waals surface area contributed by atoms with Crippen LogP contribution in [0.15, 0.2) is 24.2 Å². The minimum Gasteiger partial charge on any atom is -0.369 e. The van der Waals surface area contributed by atoms with Gasteiger partial charge in [0.25, 0.3) is 0 Å². The van der Waals surface area contributed by atoms with Gasteiger partial charge in [-0.3, -0.25) is 5.01 Å². The molecule has 3 N–H and O–H groups in total. The minimum absolute atomic E-state index is 0.345. The molecule has 0 aromatic carbocycles. The fraction of sp³-hybridized carbons (Fsp3) is 0.714. The second-order valence-electron chi connectivity index (χ2n) is 5.81. The first kappa shape index (κ1) is 11.9. The molecule has 2 heterocycles. The van der Waals surface area contributed by atoms with Crippen molar-refractivity contribution in [1.82, 2.24) is 15.3 Å². The molecule has 2 fully saturated rings. The number of likely N-dealkylation sites (tertiary alicyclic amines) is 1. The number of nitrogens with one attached hydrogen (secondary N) is 1. The third kappa shape index (κ3) is 2.64. The van der Waals surface area contributed by atoms with Crippen molar-refractivity contribution in [3.63, 3.8) is 0 Å². The number of hydrogen-bond donors (Lipinski definition) is 2. The van der Waals surface area contributed by atoms with Crippen molar-refractivity contribution in [3.8, 4) is 0 Å². The molecular formula is C14H24N4. The molecule has 1 atom stereocenters.